The lowest BCUT2D eigenvalue weighted by atomic mass is 10.0. The van der Waals surface area contributed by atoms with Crippen LogP contribution in [0.3, 0.4) is 0 Å². The molecule has 0 spiro atoms. The van der Waals surface area contributed by atoms with Crippen LogP contribution in [0.25, 0.3) is 0 Å². The Morgan fingerprint density at radius 2 is 2.11 bits per heavy atom. The first-order valence-corrected chi connectivity index (χ1v) is 7.99. The van der Waals surface area contributed by atoms with Crippen LogP contribution in [0, 0.1) is 5.92 Å². The zero-order valence-corrected chi connectivity index (χ0v) is 13.0. The van der Waals surface area contributed by atoms with E-state index in [1.165, 1.54) is 12.3 Å². The van der Waals surface area contributed by atoms with Gasteiger partial charge in [0, 0.05) is 16.7 Å². The van der Waals surface area contributed by atoms with Crippen molar-refractivity contribution in [3.63, 3.8) is 0 Å². The Morgan fingerprint density at radius 3 is 2.67 bits per heavy atom. The lowest BCUT2D eigenvalue weighted by molar-refractivity contribution is 0.434. The van der Waals surface area contributed by atoms with Gasteiger partial charge in [-0.1, -0.05) is 20.3 Å². The Labute approximate surface area is 116 Å². The van der Waals surface area contributed by atoms with Crippen LogP contribution in [0.2, 0.25) is 0 Å². The fourth-order valence-electron chi connectivity index (χ4n) is 1.42. The number of halogens is 1. The molecule has 0 bridgehead atoms. The fraction of sp³-hybridized carbons (Fsp3) is 0.545. The highest BCUT2D eigenvalue weighted by Gasteiger charge is 2.23. The molecule has 2 unspecified atom stereocenters. The van der Waals surface area contributed by atoms with E-state index in [2.05, 4.69) is 25.6 Å². The number of hydrogen-bond donors (Lipinski definition) is 2. The van der Waals surface area contributed by atoms with Gasteiger partial charge in [0.2, 0.25) is 10.0 Å². The molecule has 1 heterocycles. The van der Waals surface area contributed by atoms with E-state index in [-0.39, 0.29) is 22.7 Å². The third-order valence-electron chi connectivity index (χ3n) is 2.98. The van der Waals surface area contributed by atoms with E-state index in [1.807, 2.05) is 20.8 Å². The van der Waals surface area contributed by atoms with Crippen LogP contribution in [-0.4, -0.2) is 19.4 Å². The van der Waals surface area contributed by atoms with E-state index in [0.717, 1.165) is 6.42 Å². The summed E-state index contributed by atoms with van der Waals surface area (Å²) < 4.78 is 27.6. The first-order valence-electron chi connectivity index (χ1n) is 5.71. The van der Waals surface area contributed by atoms with Crippen molar-refractivity contribution in [3.05, 3.63) is 16.7 Å². The average Bonchev–Trinajstić information content (AvgIpc) is 2.30. The summed E-state index contributed by atoms with van der Waals surface area (Å²) in [4.78, 5) is 3.84. The number of pyridine rings is 1. The second-order valence-electron chi connectivity index (χ2n) is 4.33. The number of nitrogens with one attached hydrogen (secondary N) is 1. The minimum atomic E-state index is -3.64. The summed E-state index contributed by atoms with van der Waals surface area (Å²) >= 11 is 3.19. The molecule has 0 aliphatic rings. The molecule has 102 valence electrons. The van der Waals surface area contributed by atoms with Gasteiger partial charge in [0.15, 0.2) is 0 Å². The summed E-state index contributed by atoms with van der Waals surface area (Å²) in [6.07, 6.45) is 2.36. The predicted octanol–water partition coefficient (Wildman–Crippen LogP) is 2.14. The van der Waals surface area contributed by atoms with E-state index < -0.39 is 10.0 Å². The maximum absolute atomic E-state index is 12.2. The first kappa shape index (κ1) is 15.4. The molecular weight excluding hydrogens is 318 g/mol. The quantitative estimate of drug-likeness (QED) is 0.863. The van der Waals surface area contributed by atoms with Crippen molar-refractivity contribution in [1.82, 2.24) is 9.71 Å². The molecule has 2 atom stereocenters. The number of nitrogens with zero attached hydrogens (tertiary/aromatic N) is 1. The third-order valence-corrected chi connectivity index (χ3v) is 5.00. The molecule has 0 radical (unpaired) electrons. The summed E-state index contributed by atoms with van der Waals surface area (Å²) in [5.41, 5.74) is 5.61. The molecule has 3 N–H and O–H groups in total. The Morgan fingerprint density at radius 1 is 1.50 bits per heavy atom. The van der Waals surface area contributed by atoms with Gasteiger partial charge in [0.05, 0.1) is 0 Å². The van der Waals surface area contributed by atoms with Gasteiger partial charge in [-0.15, -0.1) is 0 Å². The summed E-state index contributed by atoms with van der Waals surface area (Å²) in [5, 5.41) is 0. The van der Waals surface area contributed by atoms with Crippen LogP contribution in [0.15, 0.2) is 21.6 Å². The highest BCUT2D eigenvalue weighted by Crippen LogP contribution is 2.21. The third kappa shape index (κ3) is 3.66. The summed E-state index contributed by atoms with van der Waals surface area (Å²) in [6.45, 7) is 5.85. The lowest BCUT2D eigenvalue weighted by Crippen LogP contribution is -2.37. The number of hydrogen-bond acceptors (Lipinski definition) is 4. The van der Waals surface area contributed by atoms with Crippen LogP contribution in [0.4, 0.5) is 5.82 Å². The van der Waals surface area contributed by atoms with Crippen molar-refractivity contribution in [2.75, 3.05) is 5.73 Å². The average molecular weight is 336 g/mol. The van der Waals surface area contributed by atoms with Crippen LogP contribution >= 0.6 is 15.9 Å². The standard InChI is InChI=1S/C11H18BrN3O2S/c1-4-7(2)8(3)15-18(16,17)10-5-9(12)6-14-11(10)13/h5-8,15H,4H2,1-3H3,(H2,13,14). The number of aromatic nitrogens is 1. The Hall–Kier alpha value is -0.660. The molecule has 0 aliphatic carbocycles. The van der Waals surface area contributed by atoms with Crippen molar-refractivity contribution in [3.8, 4) is 0 Å². The molecule has 0 aliphatic heterocycles. The largest absolute Gasteiger partial charge is 0.383 e. The molecule has 0 saturated carbocycles. The number of nitrogens with two attached hydrogens (primary N) is 1. The van der Waals surface area contributed by atoms with Crippen molar-refractivity contribution in [1.29, 1.82) is 0 Å². The second-order valence-corrected chi connectivity index (χ2v) is 6.93. The Bertz CT molecular complexity index is 519. The molecule has 0 amide bonds. The van der Waals surface area contributed by atoms with Gasteiger partial charge >= 0.3 is 0 Å². The van der Waals surface area contributed by atoms with E-state index >= 15 is 0 Å². The second kappa shape index (κ2) is 5.99. The molecule has 5 nitrogen and oxygen atoms in total. The molecule has 7 heteroatoms. The van der Waals surface area contributed by atoms with E-state index in [1.54, 1.807) is 0 Å². The zero-order chi connectivity index (χ0) is 13.9. The van der Waals surface area contributed by atoms with Gasteiger partial charge in [0.25, 0.3) is 0 Å². The molecular formula is C11H18BrN3O2S. The fourth-order valence-corrected chi connectivity index (χ4v) is 3.37. The van der Waals surface area contributed by atoms with Gasteiger partial charge < -0.3 is 5.73 Å². The molecule has 1 aromatic rings. The first-order chi connectivity index (χ1) is 8.27. The van der Waals surface area contributed by atoms with Crippen LogP contribution in [0.5, 0.6) is 0 Å². The Balaban J connectivity index is 3.03. The maximum Gasteiger partial charge on any atom is 0.244 e. The smallest absolute Gasteiger partial charge is 0.244 e. The van der Waals surface area contributed by atoms with Gasteiger partial charge in [0.1, 0.15) is 10.7 Å². The van der Waals surface area contributed by atoms with Crippen molar-refractivity contribution in [2.24, 2.45) is 5.92 Å². The number of sulfonamides is 1. The minimum Gasteiger partial charge on any atom is -0.383 e. The van der Waals surface area contributed by atoms with Crippen molar-refractivity contribution >= 4 is 31.8 Å². The molecule has 0 fully saturated rings. The van der Waals surface area contributed by atoms with Crippen molar-refractivity contribution < 1.29 is 8.42 Å². The van der Waals surface area contributed by atoms with E-state index in [0.29, 0.717) is 4.47 Å². The van der Waals surface area contributed by atoms with Gasteiger partial charge in [-0.05, 0) is 34.8 Å². The van der Waals surface area contributed by atoms with Gasteiger partial charge in [-0.3, -0.25) is 0 Å². The topological polar surface area (TPSA) is 85.1 Å². The SMILES string of the molecule is CCC(C)C(C)NS(=O)(=O)c1cc(Br)cnc1N. The predicted molar refractivity (Wildman–Crippen MR) is 75.6 cm³/mol. The summed E-state index contributed by atoms with van der Waals surface area (Å²) in [7, 11) is -3.64. The minimum absolute atomic E-state index is 0.00190. The molecule has 1 rings (SSSR count). The van der Waals surface area contributed by atoms with Crippen molar-refractivity contribution in [2.45, 2.75) is 38.1 Å². The van der Waals surface area contributed by atoms with E-state index in [4.69, 9.17) is 5.73 Å². The zero-order valence-electron chi connectivity index (χ0n) is 10.6. The normalized spacial score (nSPS) is 15.3. The number of rotatable bonds is 5. The Kier molecular flexibility index (Phi) is 5.12. The lowest BCUT2D eigenvalue weighted by Gasteiger charge is -2.20. The highest BCUT2D eigenvalue weighted by molar-refractivity contribution is 9.10. The molecule has 0 saturated heterocycles. The molecule has 18 heavy (non-hydrogen) atoms. The summed E-state index contributed by atoms with van der Waals surface area (Å²) in [6, 6.07) is 1.30. The molecule has 1 aromatic heterocycles. The van der Waals surface area contributed by atoms with Crippen LogP contribution in [0.1, 0.15) is 27.2 Å². The maximum atomic E-state index is 12.2. The number of anilines is 1. The summed E-state index contributed by atoms with van der Waals surface area (Å²) in [5.74, 6) is 0.253. The van der Waals surface area contributed by atoms with Crippen LogP contribution in [-0.2, 0) is 10.0 Å². The monoisotopic (exact) mass is 335 g/mol. The van der Waals surface area contributed by atoms with Crippen LogP contribution < -0.4 is 10.5 Å². The highest BCUT2D eigenvalue weighted by atomic mass is 79.9. The van der Waals surface area contributed by atoms with Gasteiger partial charge in [-0.25, -0.2) is 18.1 Å². The van der Waals surface area contributed by atoms with Gasteiger partial charge in [-0.2, -0.15) is 0 Å². The van der Waals surface area contributed by atoms with E-state index in [9.17, 15) is 8.42 Å². The number of nitrogen functional groups attached to an aromatic ring is 1. The molecule has 0 aromatic carbocycles.